The highest BCUT2D eigenvalue weighted by Gasteiger charge is 2.38. The molecule has 2 N–H and O–H groups in total. The number of carboxylic acids is 1. The average Bonchev–Trinajstić information content (AvgIpc) is 3.04. The Hall–Kier alpha value is -2.48. The third-order valence-corrected chi connectivity index (χ3v) is 5.56. The van der Waals surface area contributed by atoms with Crippen molar-refractivity contribution in [2.24, 2.45) is 0 Å². The molecule has 1 aliphatic carbocycles. The van der Waals surface area contributed by atoms with Crippen LogP contribution < -0.4 is 10.1 Å². The maximum atomic E-state index is 12.5. The molecule has 1 heterocycles. The lowest BCUT2D eigenvalue weighted by Gasteiger charge is -2.19. The van der Waals surface area contributed by atoms with Crippen molar-refractivity contribution in [2.45, 2.75) is 38.7 Å². The SMILES string of the molecule is CC1(C)CCc2sc(NC(=O)c3cccc(OC(F)F)c3)c(C(=O)O)c21. The number of fused-ring (bicyclic) bond motifs is 1. The summed E-state index contributed by atoms with van der Waals surface area (Å²) in [7, 11) is 0. The van der Waals surface area contributed by atoms with Crippen molar-refractivity contribution in [1.29, 1.82) is 0 Å². The van der Waals surface area contributed by atoms with E-state index in [4.69, 9.17) is 0 Å². The number of hydrogen-bond donors (Lipinski definition) is 2. The molecule has 0 saturated carbocycles. The predicted molar refractivity (Wildman–Crippen MR) is 93.7 cm³/mol. The maximum Gasteiger partial charge on any atom is 0.387 e. The number of hydrogen-bond acceptors (Lipinski definition) is 4. The van der Waals surface area contributed by atoms with Gasteiger partial charge in [0.1, 0.15) is 10.8 Å². The Kier molecular flexibility index (Phi) is 4.70. The van der Waals surface area contributed by atoms with Gasteiger partial charge in [0.15, 0.2) is 0 Å². The van der Waals surface area contributed by atoms with Crippen LogP contribution in [0, 0.1) is 0 Å². The molecule has 0 spiro atoms. The fourth-order valence-electron chi connectivity index (χ4n) is 3.20. The molecule has 0 radical (unpaired) electrons. The first-order chi connectivity index (χ1) is 12.2. The molecule has 8 heteroatoms. The van der Waals surface area contributed by atoms with Gasteiger partial charge in [-0.3, -0.25) is 4.79 Å². The van der Waals surface area contributed by atoms with Gasteiger partial charge in [0.05, 0.1) is 5.56 Å². The third-order valence-electron chi connectivity index (χ3n) is 4.40. The molecule has 1 amide bonds. The minimum absolute atomic E-state index is 0.104. The van der Waals surface area contributed by atoms with E-state index in [1.54, 1.807) is 0 Å². The summed E-state index contributed by atoms with van der Waals surface area (Å²) in [5.41, 5.74) is 0.710. The van der Waals surface area contributed by atoms with Crippen LogP contribution in [0.25, 0.3) is 0 Å². The summed E-state index contributed by atoms with van der Waals surface area (Å²) in [5, 5.41) is 12.5. The smallest absolute Gasteiger partial charge is 0.387 e. The fraction of sp³-hybridized carbons (Fsp3) is 0.333. The zero-order valence-electron chi connectivity index (χ0n) is 14.1. The molecule has 1 aromatic heterocycles. The molecule has 26 heavy (non-hydrogen) atoms. The maximum absolute atomic E-state index is 12.5. The number of carbonyl (C=O) groups is 2. The van der Waals surface area contributed by atoms with Crippen molar-refractivity contribution >= 4 is 28.2 Å². The molecule has 0 fully saturated rings. The molecule has 0 atom stereocenters. The Morgan fingerprint density at radius 1 is 1.35 bits per heavy atom. The van der Waals surface area contributed by atoms with E-state index in [2.05, 4.69) is 10.1 Å². The van der Waals surface area contributed by atoms with Gasteiger partial charge >= 0.3 is 12.6 Å². The lowest BCUT2D eigenvalue weighted by molar-refractivity contribution is -0.0498. The van der Waals surface area contributed by atoms with E-state index in [9.17, 15) is 23.5 Å². The fourth-order valence-corrected chi connectivity index (χ4v) is 4.57. The van der Waals surface area contributed by atoms with E-state index in [0.717, 1.165) is 23.3 Å². The Morgan fingerprint density at radius 2 is 2.08 bits per heavy atom. The van der Waals surface area contributed by atoms with E-state index in [1.807, 2.05) is 13.8 Å². The van der Waals surface area contributed by atoms with Crippen LogP contribution in [0.1, 0.15) is 51.4 Å². The highest BCUT2D eigenvalue weighted by molar-refractivity contribution is 7.17. The van der Waals surface area contributed by atoms with Gasteiger partial charge in [-0.05, 0) is 42.0 Å². The molecule has 0 unspecified atom stereocenters. The van der Waals surface area contributed by atoms with E-state index < -0.39 is 18.5 Å². The zero-order valence-corrected chi connectivity index (χ0v) is 15.0. The highest BCUT2D eigenvalue weighted by atomic mass is 32.1. The highest BCUT2D eigenvalue weighted by Crippen LogP contribution is 2.48. The lowest BCUT2D eigenvalue weighted by atomic mass is 9.85. The molecule has 5 nitrogen and oxygen atoms in total. The molecule has 1 aromatic carbocycles. The predicted octanol–water partition coefficient (Wildman–Crippen LogP) is 4.52. The van der Waals surface area contributed by atoms with Crippen molar-refractivity contribution in [3.05, 3.63) is 45.8 Å². The van der Waals surface area contributed by atoms with Crippen LogP contribution >= 0.6 is 11.3 Å². The van der Waals surface area contributed by atoms with Crippen molar-refractivity contribution in [3.8, 4) is 5.75 Å². The molecule has 0 bridgehead atoms. The van der Waals surface area contributed by atoms with Crippen molar-refractivity contribution < 1.29 is 28.2 Å². The molecular weight excluding hydrogens is 364 g/mol. The number of aryl methyl sites for hydroxylation is 1. The summed E-state index contributed by atoms with van der Waals surface area (Å²) in [5.74, 6) is -1.81. The monoisotopic (exact) mass is 381 g/mol. The number of rotatable bonds is 5. The molecule has 0 saturated heterocycles. The number of benzene rings is 1. The summed E-state index contributed by atoms with van der Waals surface area (Å²) in [4.78, 5) is 25.2. The van der Waals surface area contributed by atoms with Gasteiger partial charge < -0.3 is 15.2 Å². The molecule has 1 aliphatic rings. The summed E-state index contributed by atoms with van der Waals surface area (Å²) in [6.45, 7) is 0.971. The summed E-state index contributed by atoms with van der Waals surface area (Å²) < 4.78 is 28.9. The average molecular weight is 381 g/mol. The topological polar surface area (TPSA) is 75.6 Å². The third kappa shape index (κ3) is 3.41. The second kappa shape index (κ2) is 6.68. The number of amides is 1. The Labute approximate surface area is 152 Å². The van der Waals surface area contributed by atoms with E-state index in [-0.39, 0.29) is 27.3 Å². The van der Waals surface area contributed by atoms with Gasteiger partial charge in [0.2, 0.25) is 0 Å². The number of ether oxygens (including phenoxy) is 1. The van der Waals surface area contributed by atoms with Crippen LogP contribution in [0.3, 0.4) is 0 Å². The quantitative estimate of drug-likeness (QED) is 0.798. The number of carboxylic acid groups (broad SMARTS) is 1. The Bertz CT molecular complexity index is 876. The Morgan fingerprint density at radius 3 is 2.73 bits per heavy atom. The van der Waals surface area contributed by atoms with Gasteiger partial charge in [0, 0.05) is 10.4 Å². The van der Waals surface area contributed by atoms with Crippen LogP contribution in [0.15, 0.2) is 24.3 Å². The number of thiophene rings is 1. The second-order valence-corrected chi connectivity index (χ2v) is 7.76. The zero-order chi connectivity index (χ0) is 19.1. The van der Waals surface area contributed by atoms with E-state index in [0.29, 0.717) is 0 Å². The van der Waals surface area contributed by atoms with Crippen LogP contribution in [0.2, 0.25) is 0 Å². The van der Waals surface area contributed by atoms with E-state index >= 15 is 0 Å². The Balaban J connectivity index is 1.90. The van der Waals surface area contributed by atoms with Crippen molar-refractivity contribution in [1.82, 2.24) is 0 Å². The van der Waals surface area contributed by atoms with Crippen molar-refractivity contribution in [3.63, 3.8) is 0 Å². The molecule has 3 rings (SSSR count). The number of carbonyl (C=O) groups excluding carboxylic acids is 1. The number of alkyl halides is 2. The van der Waals surface area contributed by atoms with Gasteiger partial charge in [-0.15, -0.1) is 11.3 Å². The molecule has 0 aliphatic heterocycles. The van der Waals surface area contributed by atoms with Crippen LogP contribution in [0.5, 0.6) is 5.75 Å². The standard InChI is InChI=1S/C18H17F2NO4S/c1-18(2)7-6-11-13(18)12(16(23)24)15(26-11)21-14(22)9-4-3-5-10(8-9)25-17(19)20/h3-5,8,17H,6-7H2,1-2H3,(H,21,22)(H,23,24). The molecular formula is C18H17F2NO4S. The molecule has 2 aromatic rings. The van der Waals surface area contributed by atoms with E-state index in [1.165, 1.54) is 35.6 Å². The number of anilines is 1. The van der Waals surface area contributed by atoms with Crippen LogP contribution in [-0.2, 0) is 11.8 Å². The first-order valence-corrected chi connectivity index (χ1v) is 8.76. The summed E-state index contributed by atoms with van der Waals surface area (Å²) in [6.07, 6.45) is 1.62. The second-order valence-electron chi connectivity index (χ2n) is 6.65. The van der Waals surface area contributed by atoms with Crippen molar-refractivity contribution in [2.75, 3.05) is 5.32 Å². The van der Waals surface area contributed by atoms with Crippen LogP contribution in [0.4, 0.5) is 13.8 Å². The first-order valence-electron chi connectivity index (χ1n) is 7.94. The van der Waals surface area contributed by atoms with Gasteiger partial charge in [-0.2, -0.15) is 8.78 Å². The largest absolute Gasteiger partial charge is 0.478 e. The van der Waals surface area contributed by atoms with Crippen LogP contribution in [-0.4, -0.2) is 23.6 Å². The van der Waals surface area contributed by atoms with Gasteiger partial charge in [0.25, 0.3) is 5.91 Å². The summed E-state index contributed by atoms with van der Waals surface area (Å²) in [6, 6.07) is 5.36. The number of halogens is 2. The number of nitrogens with one attached hydrogen (secondary N) is 1. The number of aromatic carboxylic acids is 1. The first kappa shape index (κ1) is 18.3. The minimum atomic E-state index is -2.99. The van der Waals surface area contributed by atoms with Gasteiger partial charge in [-0.25, -0.2) is 4.79 Å². The van der Waals surface area contributed by atoms with Gasteiger partial charge in [-0.1, -0.05) is 19.9 Å². The summed E-state index contributed by atoms with van der Waals surface area (Å²) >= 11 is 1.25. The minimum Gasteiger partial charge on any atom is -0.478 e. The normalized spacial score (nSPS) is 15.0. The molecule has 138 valence electrons. The lowest BCUT2D eigenvalue weighted by Crippen LogP contribution is -2.18.